The van der Waals surface area contributed by atoms with E-state index in [0.717, 1.165) is 34.5 Å². The average Bonchev–Trinajstić information content (AvgIpc) is 3.56. The maximum absolute atomic E-state index is 13.0. The number of amides is 1. The van der Waals surface area contributed by atoms with Crippen molar-refractivity contribution in [2.45, 2.75) is 38.8 Å². The predicted molar refractivity (Wildman–Crippen MR) is 157 cm³/mol. The number of anilines is 1. The molecular weight excluding hydrogens is 524 g/mol. The zero-order chi connectivity index (χ0) is 28.2. The van der Waals surface area contributed by atoms with Crippen molar-refractivity contribution in [1.82, 2.24) is 15.2 Å². The number of furan rings is 1. The first-order valence-corrected chi connectivity index (χ1v) is 13.6. The second kappa shape index (κ2) is 11.7. The van der Waals surface area contributed by atoms with Gasteiger partial charge in [0.25, 0.3) is 0 Å². The van der Waals surface area contributed by atoms with Crippen LogP contribution in [0.2, 0.25) is 0 Å². The van der Waals surface area contributed by atoms with E-state index in [1.807, 2.05) is 66.4 Å². The summed E-state index contributed by atoms with van der Waals surface area (Å²) >= 11 is 5.73. The van der Waals surface area contributed by atoms with E-state index in [9.17, 15) is 14.7 Å². The maximum Gasteiger partial charge on any atom is 0.335 e. The second-order valence-electron chi connectivity index (χ2n) is 9.67. The normalized spacial score (nSPS) is 16.6. The van der Waals surface area contributed by atoms with Gasteiger partial charge in [-0.1, -0.05) is 37.3 Å². The van der Waals surface area contributed by atoms with Gasteiger partial charge in [0.1, 0.15) is 17.6 Å². The van der Waals surface area contributed by atoms with E-state index in [2.05, 4.69) is 22.5 Å². The minimum atomic E-state index is -0.976. The number of hydrogen-bond acceptors (Lipinski definition) is 5. The third-order valence-electron chi connectivity index (χ3n) is 7.11. The lowest BCUT2D eigenvalue weighted by atomic mass is 10.0. The van der Waals surface area contributed by atoms with Crippen LogP contribution in [0.15, 0.2) is 83.4 Å². The summed E-state index contributed by atoms with van der Waals surface area (Å²) < 4.78 is 6.38. The first-order chi connectivity index (χ1) is 19.4. The second-order valence-corrected chi connectivity index (χ2v) is 10.1. The predicted octanol–water partition coefficient (Wildman–Crippen LogP) is 5.91. The third kappa shape index (κ3) is 5.60. The summed E-state index contributed by atoms with van der Waals surface area (Å²) in [5.41, 5.74) is 4.53. The summed E-state index contributed by atoms with van der Waals surface area (Å²) in [6, 6.07) is 21.6. The summed E-state index contributed by atoms with van der Waals surface area (Å²) in [6.45, 7) is 4.29. The Kier molecular flexibility index (Phi) is 7.93. The van der Waals surface area contributed by atoms with E-state index in [1.165, 1.54) is 0 Å². The molecule has 0 unspecified atom stereocenters. The zero-order valence-corrected chi connectivity index (χ0v) is 23.1. The topological polar surface area (TPSA) is 108 Å². The molecule has 5 rings (SSSR count). The van der Waals surface area contributed by atoms with Crippen LogP contribution in [0.25, 0.3) is 11.3 Å². The van der Waals surface area contributed by atoms with E-state index in [-0.39, 0.29) is 30.0 Å². The monoisotopic (exact) mass is 554 g/mol. The quantitative estimate of drug-likeness (QED) is 0.219. The van der Waals surface area contributed by atoms with Crippen molar-refractivity contribution in [1.29, 1.82) is 0 Å². The molecule has 2 atom stereocenters. The van der Waals surface area contributed by atoms with Crippen molar-refractivity contribution in [3.63, 3.8) is 0 Å². The molecule has 40 heavy (non-hydrogen) atoms. The molecule has 0 saturated carbocycles. The van der Waals surface area contributed by atoms with Gasteiger partial charge in [-0.05, 0) is 79.2 Å². The number of rotatable bonds is 9. The minimum Gasteiger partial charge on any atom is -0.478 e. The van der Waals surface area contributed by atoms with E-state index in [0.29, 0.717) is 23.2 Å². The van der Waals surface area contributed by atoms with Crippen molar-refractivity contribution in [3.05, 3.63) is 107 Å². The number of carbonyl (C=O) groups is 2. The van der Waals surface area contributed by atoms with Gasteiger partial charge in [0, 0.05) is 30.4 Å². The van der Waals surface area contributed by atoms with Gasteiger partial charge in [-0.25, -0.2) is 4.79 Å². The van der Waals surface area contributed by atoms with Crippen molar-refractivity contribution < 1.29 is 19.1 Å². The van der Waals surface area contributed by atoms with Crippen molar-refractivity contribution in [3.8, 4) is 11.3 Å². The molecule has 2 aromatic heterocycles. The Bertz CT molecular complexity index is 1550. The van der Waals surface area contributed by atoms with Crippen LogP contribution in [-0.4, -0.2) is 38.5 Å². The Morgan fingerprint density at radius 2 is 1.90 bits per heavy atom. The third-order valence-corrected chi connectivity index (χ3v) is 7.46. The first kappa shape index (κ1) is 27.1. The van der Waals surface area contributed by atoms with Gasteiger partial charge in [0.05, 0.1) is 17.3 Å². The number of carbonyl (C=O) groups excluding carboxylic acids is 1. The largest absolute Gasteiger partial charge is 0.478 e. The van der Waals surface area contributed by atoms with Crippen molar-refractivity contribution in [2.75, 3.05) is 11.9 Å². The summed E-state index contributed by atoms with van der Waals surface area (Å²) in [6.07, 6.45) is 2.79. The van der Waals surface area contributed by atoms with Crippen LogP contribution in [0.4, 0.5) is 5.69 Å². The molecule has 1 aliphatic heterocycles. The first-order valence-electron chi connectivity index (χ1n) is 13.2. The summed E-state index contributed by atoms with van der Waals surface area (Å²) in [5, 5.41) is 16.3. The fraction of sp³-hybridized carbons (Fsp3) is 0.226. The number of carboxylic acids is 1. The molecule has 3 heterocycles. The Morgan fingerprint density at radius 3 is 2.62 bits per heavy atom. The molecule has 0 bridgehead atoms. The van der Waals surface area contributed by atoms with Crippen molar-refractivity contribution in [2.24, 2.45) is 0 Å². The zero-order valence-electron chi connectivity index (χ0n) is 22.3. The molecule has 2 aromatic carbocycles. The Labute approximate surface area is 238 Å². The van der Waals surface area contributed by atoms with Crippen LogP contribution >= 0.6 is 12.2 Å². The molecule has 3 N–H and O–H groups in total. The molecule has 9 heteroatoms. The summed E-state index contributed by atoms with van der Waals surface area (Å²) in [4.78, 5) is 30.9. The van der Waals surface area contributed by atoms with Crippen LogP contribution in [0.1, 0.15) is 58.4 Å². The van der Waals surface area contributed by atoms with E-state index in [1.54, 1.807) is 24.4 Å². The van der Waals surface area contributed by atoms with Gasteiger partial charge in [-0.3, -0.25) is 9.78 Å². The molecule has 1 aliphatic rings. The summed E-state index contributed by atoms with van der Waals surface area (Å²) in [5.74, 6) is 0.210. The lowest BCUT2D eigenvalue weighted by Gasteiger charge is -2.26. The van der Waals surface area contributed by atoms with E-state index in [4.69, 9.17) is 16.6 Å². The van der Waals surface area contributed by atoms with Crippen LogP contribution in [0.5, 0.6) is 0 Å². The highest BCUT2D eigenvalue weighted by Crippen LogP contribution is 2.41. The highest BCUT2D eigenvalue weighted by molar-refractivity contribution is 7.80. The highest BCUT2D eigenvalue weighted by Gasteiger charge is 2.41. The molecule has 8 nitrogen and oxygen atoms in total. The SMILES string of the molecule is CCc1ccccc1NC(=O)CCN1C(=S)N[C@H](c2ccccn2)[C@H]1c1ccc(-c2ccc(C(=O)O)cc2C)o1. The molecule has 0 radical (unpaired) electrons. The molecule has 0 spiro atoms. The van der Waals surface area contributed by atoms with Gasteiger partial charge < -0.3 is 25.1 Å². The number of thiocarbonyl (C=S) groups is 1. The number of carboxylic acid groups (broad SMARTS) is 1. The molecule has 1 amide bonds. The van der Waals surface area contributed by atoms with Crippen LogP contribution in [0, 0.1) is 6.92 Å². The molecule has 204 valence electrons. The smallest absolute Gasteiger partial charge is 0.335 e. The highest BCUT2D eigenvalue weighted by atomic mass is 32.1. The van der Waals surface area contributed by atoms with Crippen LogP contribution < -0.4 is 10.6 Å². The Hall–Kier alpha value is -4.50. The molecule has 1 saturated heterocycles. The van der Waals surface area contributed by atoms with E-state index >= 15 is 0 Å². The maximum atomic E-state index is 13.0. The van der Waals surface area contributed by atoms with Crippen LogP contribution in [0.3, 0.4) is 0 Å². The number of hydrogen-bond donors (Lipinski definition) is 3. The number of para-hydroxylation sites is 1. The van der Waals surface area contributed by atoms with Gasteiger partial charge >= 0.3 is 5.97 Å². The fourth-order valence-corrected chi connectivity index (χ4v) is 5.40. The molecular formula is C31H30N4O4S. The molecule has 4 aromatic rings. The number of benzene rings is 2. The van der Waals surface area contributed by atoms with Gasteiger partial charge in [0.15, 0.2) is 5.11 Å². The Balaban J connectivity index is 1.41. The number of aryl methyl sites for hydroxylation is 2. The van der Waals surface area contributed by atoms with Gasteiger partial charge in [-0.15, -0.1) is 0 Å². The minimum absolute atomic E-state index is 0.0991. The number of pyridine rings is 1. The van der Waals surface area contributed by atoms with Crippen molar-refractivity contribution >= 4 is 34.9 Å². The lowest BCUT2D eigenvalue weighted by Crippen LogP contribution is -2.32. The number of nitrogens with one attached hydrogen (secondary N) is 2. The average molecular weight is 555 g/mol. The molecule has 0 aliphatic carbocycles. The standard InChI is InChI=1S/C31H30N4O4S/c1-3-20-8-4-5-9-23(20)33-27(36)15-17-35-29(28(34-31(35)40)24-10-6-7-16-32-24)26-14-13-25(39-26)22-12-11-21(30(37)38)18-19(22)2/h4-14,16,18,28-29H,3,15,17H2,1-2H3,(H,33,36)(H,34,40)(H,37,38)/t28-,29-/m1/s1. The number of nitrogens with zero attached hydrogens (tertiary/aromatic N) is 2. The number of aromatic carboxylic acids is 1. The summed E-state index contributed by atoms with van der Waals surface area (Å²) in [7, 11) is 0. The van der Waals surface area contributed by atoms with E-state index < -0.39 is 5.97 Å². The fourth-order valence-electron chi connectivity index (χ4n) is 5.07. The van der Waals surface area contributed by atoms with Gasteiger partial charge in [0.2, 0.25) is 5.91 Å². The van der Waals surface area contributed by atoms with Gasteiger partial charge in [-0.2, -0.15) is 0 Å². The van der Waals surface area contributed by atoms with Crippen LogP contribution in [-0.2, 0) is 11.2 Å². The number of aromatic nitrogens is 1. The molecule has 1 fully saturated rings. The lowest BCUT2D eigenvalue weighted by molar-refractivity contribution is -0.116. The Morgan fingerprint density at radius 1 is 1.10 bits per heavy atom.